The number of anilines is 2. The highest BCUT2D eigenvalue weighted by Crippen LogP contribution is 2.12. The molecule has 0 amide bonds. The van der Waals surface area contributed by atoms with E-state index in [9.17, 15) is 0 Å². The van der Waals surface area contributed by atoms with Crippen molar-refractivity contribution in [2.24, 2.45) is 0 Å². The molecule has 1 rings (SSSR count). The van der Waals surface area contributed by atoms with E-state index in [1.165, 1.54) is 0 Å². The van der Waals surface area contributed by atoms with Crippen LogP contribution in [0.5, 0.6) is 0 Å². The van der Waals surface area contributed by atoms with Gasteiger partial charge in [-0.2, -0.15) is 0 Å². The number of nitrogens with two attached hydrogens (primary N) is 1. The Kier molecular flexibility index (Phi) is 5.22. The molecule has 0 saturated heterocycles. The fraction of sp³-hybridized carbons (Fsp3) is 0.615. The number of hydrogen-bond acceptors (Lipinski definition) is 4. The summed E-state index contributed by atoms with van der Waals surface area (Å²) in [5.41, 5.74) is 6.52. The molecule has 1 aromatic rings. The molecule has 3 N–H and O–H groups in total. The number of rotatable bonds is 6. The fourth-order valence-corrected chi connectivity index (χ4v) is 1.98. The highest BCUT2D eigenvalue weighted by Gasteiger charge is 2.12. The van der Waals surface area contributed by atoms with E-state index in [1.807, 2.05) is 12.1 Å². The molecule has 0 atom stereocenters. The van der Waals surface area contributed by atoms with E-state index in [-0.39, 0.29) is 0 Å². The van der Waals surface area contributed by atoms with E-state index in [4.69, 9.17) is 5.73 Å². The van der Waals surface area contributed by atoms with Crippen LogP contribution in [0.25, 0.3) is 0 Å². The zero-order valence-corrected chi connectivity index (χ0v) is 11.3. The van der Waals surface area contributed by atoms with Gasteiger partial charge in [0.2, 0.25) is 0 Å². The van der Waals surface area contributed by atoms with Gasteiger partial charge in [-0.3, -0.25) is 4.90 Å². The van der Waals surface area contributed by atoms with Gasteiger partial charge < -0.3 is 11.1 Å². The Bertz CT molecular complexity index is 328. The normalized spacial score (nSPS) is 11.5. The maximum Gasteiger partial charge on any atom is 0.149 e. The largest absolute Gasteiger partial charge is 0.396 e. The second-order valence-electron chi connectivity index (χ2n) is 4.79. The molecular weight excluding hydrogens is 212 g/mol. The van der Waals surface area contributed by atoms with Crippen LogP contribution in [0.2, 0.25) is 0 Å². The minimum absolute atomic E-state index is 0.554. The Labute approximate surface area is 104 Å². The van der Waals surface area contributed by atoms with Crippen LogP contribution in [0, 0.1) is 0 Å². The number of hydrogen-bond donors (Lipinski definition) is 2. The lowest BCUT2D eigenvalue weighted by Crippen LogP contribution is -2.40. The highest BCUT2D eigenvalue weighted by atomic mass is 15.2. The standard InChI is InChI=1S/C13H24N4/c1-10(2)17(11(3)4)9-8-16-13-12(14)6-5-7-15-13/h5-7,10-11H,8-9,14H2,1-4H3,(H,15,16). The second-order valence-corrected chi connectivity index (χ2v) is 4.79. The van der Waals surface area contributed by atoms with Crippen LogP contribution in [0.4, 0.5) is 11.5 Å². The second kappa shape index (κ2) is 6.45. The van der Waals surface area contributed by atoms with Gasteiger partial charge in [-0.1, -0.05) is 0 Å². The van der Waals surface area contributed by atoms with Crippen LogP contribution in [-0.2, 0) is 0 Å². The minimum Gasteiger partial charge on any atom is -0.396 e. The molecule has 0 aliphatic rings. The monoisotopic (exact) mass is 236 g/mol. The van der Waals surface area contributed by atoms with Gasteiger partial charge in [0.1, 0.15) is 5.82 Å². The van der Waals surface area contributed by atoms with Crippen molar-refractivity contribution in [2.45, 2.75) is 39.8 Å². The van der Waals surface area contributed by atoms with Crippen molar-refractivity contribution in [1.82, 2.24) is 9.88 Å². The molecule has 0 unspecified atom stereocenters. The van der Waals surface area contributed by atoms with Crippen LogP contribution >= 0.6 is 0 Å². The van der Waals surface area contributed by atoms with Crippen LogP contribution in [0.3, 0.4) is 0 Å². The third-order valence-electron chi connectivity index (χ3n) is 2.83. The Morgan fingerprint density at radius 3 is 2.47 bits per heavy atom. The van der Waals surface area contributed by atoms with E-state index >= 15 is 0 Å². The van der Waals surface area contributed by atoms with Gasteiger partial charge in [0.05, 0.1) is 5.69 Å². The molecule has 0 saturated carbocycles. The summed E-state index contributed by atoms with van der Waals surface area (Å²) in [5, 5.41) is 3.28. The maximum absolute atomic E-state index is 5.82. The molecule has 4 heteroatoms. The van der Waals surface area contributed by atoms with Crippen molar-refractivity contribution >= 4 is 11.5 Å². The van der Waals surface area contributed by atoms with Crippen molar-refractivity contribution in [3.8, 4) is 0 Å². The number of nitrogen functional groups attached to an aromatic ring is 1. The number of nitrogens with zero attached hydrogens (tertiary/aromatic N) is 2. The molecule has 17 heavy (non-hydrogen) atoms. The Morgan fingerprint density at radius 2 is 1.94 bits per heavy atom. The van der Waals surface area contributed by atoms with Gasteiger partial charge in [-0.05, 0) is 39.8 Å². The summed E-state index contributed by atoms with van der Waals surface area (Å²) in [5.74, 6) is 0.778. The van der Waals surface area contributed by atoms with E-state index in [2.05, 4.69) is 42.9 Å². The van der Waals surface area contributed by atoms with Crippen LogP contribution in [0.15, 0.2) is 18.3 Å². The van der Waals surface area contributed by atoms with Gasteiger partial charge in [0.15, 0.2) is 0 Å². The zero-order chi connectivity index (χ0) is 12.8. The third-order valence-corrected chi connectivity index (χ3v) is 2.83. The van der Waals surface area contributed by atoms with Gasteiger partial charge in [-0.15, -0.1) is 0 Å². The summed E-state index contributed by atoms with van der Waals surface area (Å²) in [6.45, 7) is 10.7. The smallest absolute Gasteiger partial charge is 0.149 e. The summed E-state index contributed by atoms with van der Waals surface area (Å²) in [6, 6.07) is 4.81. The Hall–Kier alpha value is -1.29. The minimum atomic E-state index is 0.554. The summed E-state index contributed by atoms with van der Waals surface area (Å²) in [6.07, 6.45) is 1.75. The summed E-state index contributed by atoms with van der Waals surface area (Å²) >= 11 is 0. The lowest BCUT2D eigenvalue weighted by atomic mass is 10.2. The van der Waals surface area contributed by atoms with Crippen molar-refractivity contribution in [3.05, 3.63) is 18.3 Å². The van der Waals surface area contributed by atoms with Crippen LogP contribution in [0.1, 0.15) is 27.7 Å². The molecule has 0 radical (unpaired) electrons. The first kappa shape index (κ1) is 13.8. The Morgan fingerprint density at radius 1 is 1.29 bits per heavy atom. The van der Waals surface area contributed by atoms with Crippen LogP contribution < -0.4 is 11.1 Å². The third kappa shape index (κ3) is 4.23. The first-order chi connectivity index (χ1) is 8.02. The molecule has 96 valence electrons. The molecule has 1 aromatic heterocycles. The number of pyridine rings is 1. The van der Waals surface area contributed by atoms with Gasteiger partial charge >= 0.3 is 0 Å². The summed E-state index contributed by atoms with van der Waals surface area (Å²) in [4.78, 5) is 6.65. The summed E-state index contributed by atoms with van der Waals surface area (Å²) < 4.78 is 0. The van der Waals surface area contributed by atoms with Crippen molar-refractivity contribution < 1.29 is 0 Å². The molecule has 0 aliphatic heterocycles. The zero-order valence-electron chi connectivity index (χ0n) is 11.3. The Balaban J connectivity index is 2.44. The van der Waals surface area contributed by atoms with Crippen molar-refractivity contribution in [3.63, 3.8) is 0 Å². The quantitative estimate of drug-likeness (QED) is 0.795. The van der Waals surface area contributed by atoms with E-state index in [0.717, 1.165) is 18.9 Å². The van der Waals surface area contributed by atoms with Gasteiger partial charge in [0, 0.05) is 31.4 Å². The molecular formula is C13H24N4. The van der Waals surface area contributed by atoms with Crippen LogP contribution in [-0.4, -0.2) is 35.1 Å². The molecule has 0 bridgehead atoms. The predicted molar refractivity (Wildman–Crippen MR) is 74.1 cm³/mol. The van der Waals surface area contributed by atoms with Gasteiger partial charge in [0.25, 0.3) is 0 Å². The SMILES string of the molecule is CC(C)N(CCNc1ncccc1N)C(C)C. The van der Waals surface area contributed by atoms with E-state index < -0.39 is 0 Å². The molecule has 1 heterocycles. The first-order valence-electron chi connectivity index (χ1n) is 6.22. The maximum atomic E-state index is 5.82. The number of nitrogens with one attached hydrogen (secondary N) is 1. The summed E-state index contributed by atoms with van der Waals surface area (Å²) in [7, 11) is 0. The molecule has 0 aromatic carbocycles. The molecule has 4 nitrogen and oxygen atoms in total. The fourth-order valence-electron chi connectivity index (χ4n) is 1.98. The number of aromatic nitrogens is 1. The van der Waals surface area contributed by atoms with Crippen molar-refractivity contribution in [1.29, 1.82) is 0 Å². The lowest BCUT2D eigenvalue weighted by Gasteiger charge is -2.30. The average Bonchev–Trinajstić information content (AvgIpc) is 2.25. The topological polar surface area (TPSA) is 54.2 Å². The van der Waals surface area contributed by atoms with Crippen molar-refractivity contribution in [2.75, 3.05) is 24.1 Å². The lowest BCUT2D eigenvalue weighted by molar-refractivity contribution is 0.182. The predicted octanol–water partition coefficient (Wildman–Crippen LogP) is 2.19. The van der Waals surface area contributed by atoms with E-state index in [1.54, 1.807) is 6.20 Å². The highest BCUT2D eigenvalue weighted by molar-refractivity contribution is 5.60. The molecule has 0 spiro atoms. The average molecular weight is 236 g/mol. The molecule has 0 fully saturated rings. The first-order valence-corrected chi connectivity index (χ1v) is 6.22. The van der Waals surface area contributed by atoms with E-state index in [0.29, 0.717) is 17.8 Å². The van der Waals surface area contributed by atoms with Gasteiger partial charge in [-0.25, -0.2) is 4.98 Å². The molecule has 0 aliphatic carbocycles.